The first-order chi connectivity index (χ1) is 10.7. The Kier molecular flexibility index (Phi) is 9.96. The molecule has 0 atom stereocenters. The first-order valence-electron chi connectivity index (χ1n) is 10.5. The van der Waals surface area contributed by atoms with Crippen LogP contribution in [0.2, 0.25) is 25.5 Å². The maximum atomic E-state index is 2.43. The zero-order valence-corrected chi connectivity index (χ0v) is 26.2. The Hall–Kier alpha value is 1.09. The van der Waals surface area contributed by atoms with Crippen LogP contribution in [0.3, 0.4) is 0 Å². The Morgan fingerprint density at radius 3 is 0.308 bits per heavy atom. The molecule has 0 saturated heterocycles. The predicted molar refractivity (Wildman–Crippen MR) is 130 cm³/mol. The molecule has 26 heavy (non-hydrogen) atoms. The van der Waals surface area contributed by atoms with Crippen molar-refractivity contribution in [2.75, 3.05) is 0 Å². The van der Waals surface area contributed by atoms with Crippen LogP contribution in [-0.4, -0.2) is 28.7 Å². The molecule has 2 heteroatoms. The summed E-state index contributed by atoms with van der Waals surface area (Å²) in [7, 11) is 0. The summed E-state index contributed by atoms with van der Waals surface area (Å²) in [5.74, 6) is 0. The van der Waals surface area contributed by atoms with Gasteiger partial charge in [-0.05, 0) is 0 Å². The second-order valence-electron chi connectivity index (χ2n) is 14.2. The van der Waals surface area contributed by atoms with E-state index in [1.54, 1.807) is 0 Å². The van der Waals surface area contributed by atoms with Crippen molar-refractivity contribution in [2.45, 2.75) is 150 Å². The summed E-state index contributed by atoms with van der Waals surface area (Å²) >= 11 is -2.21. The van der Waals surface area contributed by atoms with Gasteiger partial charge in [0.05, 0.1) is 0 Å². The van der Waals surface area contributed by atoms with E-state index in [0.717, 1.165) is 0 Å². The minimum atomic E-state index is -1.10. The van der Waals surface area contributed by atoms with E-state index in [1.807, 2.05) is 0 Å². The van der Waals surface area contributed by atoms with Gasteiger partial charge in [-0.15, -0.1) is 0 Å². The van der Waals surface area contributed by atoms with Crippen LogP contribution in [0.5, 0.6) is 0 Å². The molecule has 0 bridgehead atoms. The van der Waals surface area contributed by atoms with Crippen molar-refractivity contribution in [3.05, 3.63) is 0 Å². The van der Waals surface area contributed by atoms with Crippen molar-refractivity contribution >= 4 is 28.7 Å². The summed E-state index contributed by atoms with van der Waals surface area (Å²) in [5, 5.41) is 0. The van der Waals surface area contributed by atoms with Gasteiger partial charge in [0.25, 0.3) is 0 Å². The monoisotopic (exact) mass is 490 g/mol. The Morgan fingerprint density at radius 2 is 0.308 bits per heavy atom. The van der Waals surface area contributed by atoms with Crippen LogP contribution in [0.15, 0.2) is 0 Å². The summed E-state index contributed by atoms with van der Waals surface area (Å²) in [4.78, 5) is 0. The van der Waals surface area contributed by atoms with Gasteiger partial charge in [0.2, 0.25) is 0 Å². The molecular formula is C24H54Ge2. The first-order valence-corrected chi connectivity index (χ1v) is 16.8. The number of rotatable bonds is 0. The molecule has 0 unspecified atom stereocenters. The topological polar surface area (TPSA) is 0 Å². The summed E-state index contributed by atoms with van der Waals surface area (Å²) < 4.78 is 3.31. The zero-order chi connectivity index (χ0) is 22.2. The quantitative estimate of drug-likeness (QED) is 0.298. The standard InChI is InChI=1S/2C12H27Ge/c2*1-10(2,3)13(11(4,5)6)12(7,8)9/h2*1-9H3. The third-order valence-electron chi connectivity index (χ3n) is 4.50. The average Bonchev–Trinajstić information content (AvgIpc) is 1.97. The average molecular weight is 488 g/mol. The SMILES string of the molecule is C[C](C)(C)[Ge]([C](C)(C)C)[C](C)(C)C.C[C](C)(C)[Ge]([C](C)(C)C)[C](C)(C)C. The van der Waals surface area contributed by atoms with Gasteiger partial charge in [-0.3, -0.25) is 0 Å². The third kappa shape index (κ3) is 10.6. The molecule has 0 aliphatic carbocycles. The maximum absolute atomic E-state index is 2.43. The summed E-state index contributed by atoms with van der Waals surface area (Å²) in [6.45, 7) is 43.7. The summed E-state index contributed by atoms with van der Waals surface area (Å²) in [5.41, 5.74) is 0. The van der Waals surface area contributed by atoms with E-state index < -0.39 is 28.7 Å². The third-order valence-corrected chi connectivity index (χ3v) is 23.4. The molecule has 158 valence electrons. The van der Waals surface area contributed by atoms with E-state index in [0.29, 0.717) is 25.5 Å². The molecule has 0 aliphatic rings. The van der Waals surface area contributed by atoms with Crippen LogP contribution in [0, 0.1) is 0 Å². The van der Waals surface area contributed by atoms with Crippen molar-refractivity contribution in [1.82, 2.24) is 0 Å². The molecule has 0 rings (SSSR count). The molecule has 0 aromatic carbocycles. The fourth-order valence-electron chi connectivity index (χ4n) is 6.75. The molecular weight excluding hydrogens is 433 g/mol. The van der Waals surface area contributed by atoms with Gasteiger partial charge in [0, 0.05) is 0 Å². The molecule has 0 heterocycles. The Bertz CT molecular complexity index is 297. The molecule has 0 aromatic rings. The van der Waals surface area contributed by atoms with Crippen molar-refractivity contribution in [3.8, 4) is 0 Å². The Morgan fingerprint density at radius 1 is 0.231 bits per heavy atom. The van der Waals surface area contributed by atoms with Gasteiger partial charge in [0.1, 0.15) is 0 Å². The molecule has 0 amide bonds. The Balaban J connectivity index is 0. The van der Waals surface area contributed by atoms with Gasteiger partial charge >= 0.3 is 179 Å². The first kappa shape index (κ1) is 29.3. The molecule has 0 aliphatic heterocycles. The van der Waals surface area contributed by atoms with Gasteiger partial charge in [-0.1, -0.05) is 0 Å². The van der Waals surface area contributed by atoms with Gasteiger partial charge in [-0.25, -0.2) is 0 Å². The molecule has 0 fully saturated rings. The van der Waals surface area contributed by atoms with E-state index in [4.69, 9.17) is 0 Å². The zero-order valence-electron chi connectivity index (χ0n) is 22.0. The van der Waals surface area contributed by atoms with Crippen LogP contribution in [0.25, 0.3) is 0 Å². The number of hydrogen-bond donors (Lipinski definition) is 0. The molecule has 0 spiro atoms. The van der Waals surface area contributed by atoms with E-state index in [9.17, 15) is 0 Å². The minimum absolute atomic E-state index is 0.552. The molecule has 0 N–H and O–H groups in total. The second-order valence-corrected chi connectivity index (χ2v) is 36.3. The van der Waals surface area contributed by atoms with Crippen molar-refractivity contribution in [1.29, 1.82) is 0 Å². The second kappa shape index (κ2) is 8.84. The van der Waals surface area contributed by atoms with Crippen molar-refractivity contribution in [2.24, 2.45) is 0 Å². The van der Waals surface area contributed by atoms with Gasteiger partial charge in [-0.2, -0.15) is 0 Å². The van der Waals surface area contributed by atoms with Gasteiger partial charge < -0.3 is 0 Å². The predicted octanol–water partition coefficient (Wildman–Crippen LogP) is 9.76. The van der Waals surface area contributed by atoms with E-state index in [-0.39, 0.29) is 0 Å². The van der Waals surface area contributed by atoms with Crippen LogP contribution < -0.4 is 0 Å². The van der Waals surface area contributed by atoms with Crippen LogP contribution in [-0.2, 0) is 0 Å². The van der Waals surface area contributed by atoms with Crippen molar-refractivity contribution < 1.29 is 0 Å². The number of hydrogen-bond acceptors (Lipinski definition) is 0. The fourth-order valence-corrected chi connectivity index (χ4v) is 35.1. The molecule has 2 radical (unpaired) electrons. The summed E-state index contributed by atoms with van der Waals surface area (Å²) in [6.07, 6.45) is 0. The van der Waals surface area contributed by atoms with E-state index in [1.165, 1.54) is 0 Å². The van der Waals surface area contributed by atoms with Crippen LogP contribution in [0.4, 0.5) is 0 Å². The molecule has 0 nitrogen and oxygen atoms in total. The Labute approximate surface area is 178 Å². The van der Waals surface area contributed by atoms with Crippen molar-refractivity contribution in [3.63, 3.8) is 0 Å². The van der Waals surface area contributed by atoms with Gasteiger partial charge in [0.15, 0.2) is 0 Å². The fraction of sp³-hybridized carbons (Fsp3) is 1.00. The van der Waals surface area contributed by atoms with E-state index in [2.05, 4.69) is 125 Å². The molecule has 0 aromatic heterocycles. The van der Waals surface area contributed by atoms with Crippen LogP contribution in [0.1, 0.15) is 125 Å². The molecule has 0 saturated carbocycles. The summed E-state index contributed by atoms with van der Waals surface area (Å²) in [6, 6.07) is 0. The van der Waals surface area contributed by atoms with Crippen LogP contribution >= 0.6 is 0 Å². The van der Waals surface area contributed by atoms with E-state index >= 15 is 0 Å². The normalized spacial score (nSPS) is 15.2.